The van der Waals surface area contributed by atoms with Gasteiger partial charge < -0.3 is 14.6 Å². The normalized spacial score (nSPS) is 13.0. The van der Waals surface area contributed by atoms with Crippen molar-refractivity contribution in [1.29, 1.82) is 0 Å². The molecule has 4 nitrogen and oxygen atoms in total. The van der Waals surface area contributed by atoms with E-state index in [4.69, 9.17) is 4.42 Å². The van der Waals surface area contributed by atoms with E-state index < -0.39 is 17.6 Å². The Kier molecular flexibility index (Phi) is 6.21. The van der Waals surface area contributed by atoms with E-state index in [0.29, 0.717) is 11.0 Å². The van der Waals surface area contributed by atoms with Crippen LogP contribution in [0, 0.1) is 6.92 Å². The van der Waals surface area contributed by atoms with Crippen LogP contribution in [0.15, 0.2) is 112 Å². The Balaban J connectivity index is 1.50. The summed E-state index contributed by atoms with van der Waals surface area (Å²) < 4.78 is 5.54. The van der Waals surface area contributed by atoms with E-state index in [2.05, 4.69) is 31.2 Å². The molecule has 0 fully saturated rings. The first-order valence-electron chi connectivity index (χ1n) is 11.7. The number of aryl methyl sites for hydroxylation is 1. The molecule has 0 saturated carbocycles. The van der Waals surface area contributed by atoms with Crippen LogP contribution < -0.4 is 5.63 Å². The summed E-state index contributed by atoms with van der Waals surface area (Å²) >= 11 is 0. The maximum Gasteiger partial charge on any atom is 0.343 e. The summed E-state index contributed by atoms with van der Waals surface area (Å²) in [7, 11) is 0. The molecule has 0 spiro atoms. The third-order valence-electron chi connectivity index (χ3n) is 6.51. The average Bonchev–Trinajstić information content (AvgIpc) is 2.89. The van der Waals surface area contributed by atoms with Gasteiger partial charge in [-0.05, 0) is 47.7 Å². The molecule has 1 aromatic heterocycles. The molecule has 5 rings (SSSR count). The molecule has 2 atom stereocenters. The van der Waals surface area contributed by atoms with Crippen molar-refractivity contribution in [3.63, 3.8) is 0 Å². The summed E-state index contributed by atoms with van der Waals surface area (Å²) in [5.74, 6) is -0.656. The highest BCUT2D eigenvalue weighted by molar-refractivity contribution is 5.84. The first-order chi connectivity index (χ1) is 17.0. The standard InChI is InChI=1S/C31H26O4/c1-20-11-13-21(14-12-20)22-15-17-24(18-16-22)27(32)19-26(23-7-3-2-4-8-23)29-30(33)25-9-5-6-10-28(25)35-31(29)34/h2-18,26-27,32-33H,19H2,1H3. The van der Waals surface area contributed by atoms with Crippen LogP contribution in [0.25, 0.3) is 22.1 Å². The van der Waals surface area contributed by atoms with Crippen LogP contribution in [0.2, 0.25) is 0 Å². The van der Waals surface area contributed by atoms with E-state index in [9.17, 15) is 15.0 Å². The van der Waals surface area contributed by atoms with Crippen molar-refractivity contribution in [2.24, 2.45) is 0 Å². The van der Waals surface area contributed by atoms with Gasteiger partial charge in [-0.2, -0.15) is 0 Å². The second-order valence-corrected chi connectivity index (χ2v) is 8.85. The molecule has 1 heterocycles. The zero-order valence-corrected chi connectivity index (χ0v) is 19.4. The topological polar surface area (TPSA) is 70.7 Å². The van der Waals surface area contributed by atoms with Crippen molar-refractivity contribution in [3.05, 3.63) is 136 Å². The van der Waals surface area contributed by atoms with Gasteiger partial charge in [0.1, 0.15) is 11.3 Å². The molecule has 0 saturated heterocycles. The number of fused-ring (bicyclic) bond motifs is 1. The summed E-state index contributed by atoms with van der Waals surface area (Å²) in [4.78, 5) is 13.0. The molecule has 2 N–H and O–H groups in total. The molecule has 0 aliphatic heterocycles. The minimum absolute atomic E-state index is 0.104. The van der Waals surface area contributed by atoms with Crippen LogP contribution in [0.3, 0.4) is 0 Å². The van der Waals surface area contributed by atoms with Gasteiger partial charge in [0, 0.05) is 5.92 Å². The van der Waals surface area contributed by atoms with E-state index in [-0.39, 0.29) is 17.7 Å². The fourth-order valence-electron chi connectivity index (χ4n) is 4.56. The van der Waals surface area contributed by atoms with Crippen molar-refractivity contribution in [3.8, 4) is 16.9 Å². The summed E-state index contributed by atoms with van der Waals surface area (Å²) in [6, 6.07) is 32.5. The number of benzene rings is 4. The zero-order valence-electron chi connectivity index (χ0n) is 19.4. The average molecular weight is 463 g/mol. The smallest absolute Gasteiger partial charge is 0.343 e. The Labute approximate surface area is 203 Å². The van der Waals surface area contributed by atoms with Gasteiger partial charge >= 0.3 is 5.63 Å². The molecule has 2 unspecified atom stereocenters. The second kappa shape index (κ2) is 9.61. The Morgan fingerprint density at radius 2 is 1.34 bits per heavy atom. The fraction of sp³-hybridized carbons (Fsp3) is 0.129. The van der Waals surface area contributed by atoms with Crippen molar-refractivity contribution in [1.82, 2.24) is 0 Å². The molecule has 0 aliphatic carbocycles. The number of aliphatic hydroxyl groups excluding tert-OH is 1. The van der Waals surface area contributed by atoms with Crippen LogP contribution in [0.1, 0.15) is 40.7 Å². The molecule has 0 amide bonds. The Bertz CT molecular complexity index is 1500. The van der Waals surface area contributed by atoms with Crippen molar-refractivity contribution < 1.29 is 14.6 Å². The number of hydrogen-bond donors (Lipinski definition) is 2. The fourth-order valence-corrected chi connectivity index (χ4v) is 4.56. The molecule has 0 radical (unpaired) electrons. The predicted molar refractivity (Wildman–Crippen MR) is 139 cm³/mol. The molecule has 4 heteroatoms. The van der Waals surface area contributed by atoms with Crippen LogP contribution in [0.4, 0.5) is 0 Å². The summed E-state index contributed by atoms with van der Waals surface area (Å²) in [5.41, 5.74) is 4.83. The van der Waals surface area contributed by atoms with Crippen LogP contribution in [-0.4, -0.2) is 10.2 Å². The Morgan fingerprint density at radius 3 is 2.03 bits per heavy atom. The monoisotopic (exact) mass is 462 g/mol. The van der Waals surface area contributed by atoms with Crippen LogP contribution in [0.5, 0.6) is 5.75 Å². The van der Waals surface area contributed by atoms with Crippen molar-refractivity contribution in [2.75, 3.05) is 0 Å². The summed E-state index contributed by atoms with van der Waals surface area (Å²) in [6.45, 7) is 2.06. The highest BCUT2D eigenvalue weighted by Gasteiger charge is 2.27. The Morgan fingerprint density at radius 1 is 0.743 bits per heavy atom. The van der Waals surface area contributed by atoms with Crippen LogP contribution >= 0.6 is 0 Å². The van der Waals surface area contributed by atoms with Crippen molar-refractivity contribution in [2.45, 2.75) is 25.4 Å². The van der Waals surface area contributed by atoms with Gasteiger partial charge in [0.05, 0.1) is 17.1 Å². The highest BCUT2D eigenvalue weighted by atomic mass is 16.4. The molecule has 0 bridgehead atoms. The molecule has 4 aromatic carbocycles. The van der Waals surface area contributed by atoms with E-state index in [1.165, 1.54) is 5.56 Å². The van der Waals surface area contributed by atoms with E-state index in [1.807, 2.05) is 54.6 Å². The molecule has 174 valence electrons. The molecular formula is C31H26O4. The van der Waals surface area contributed by atoms with Crippen molar-refractivity contribution >= 4 is 11.0 Å². The van der Waals surface area contributed by atoms with E-state index in [0.717, 1.165) is 22.3 Å². The minimum Gasteiger partial charge on any atom is -0.507 e. The molecule has 35 heavy (non-hydrogen) atoms. The minimum atomic E-state index is -0.849. The lowest BCUT2D eigenvalue weighted by Crippen LogP contribution is -2.17. The lowest BCUT2D eigenvalue weighted by Gasteiger charge is -2.22. The third-order valence-corrected chi connectivity index (χ3v) is 6.51. The first-order valence-corrected chi connectivity index (χ1v) is 11.7. The van der Waals surface area contributed by atoms with E-state index in [1.54, 1.807) is 24.3 Å². The lowest BCUT2D eigenvalue weighted by atomic mass is 9.84. The van der Waals surface area contributed by atoms with Gasteiger partial charge in [-0.3, -0.25) is 0 Å². The quantitative estimate of drug-likeness (QED) is 0.275. The van der Waals surface area contributed by atoms with Crippen LogP contribution in [-0.2, 0) is 0 Å². The SMILES string of the molecule is Cc1ccc(-c2ccc(C(O)CC(c3ccccc3)c3c(O)c4ccccc4oc3=O)cc2)cc1. The zero-order chi connectivity index (χ0) is 24.4. The number of rotatable bonds is 6. The summed E-state index contributed by atoms with van der Waals surface area (Å²) in [6.07, 6.45) is -0.637. The predicted octanol–water partition coefficient (Wildman–Crippen LogP) is 6.73. The van der Waals surface area contributed by atoms with Gasteiger partial charge in [0.2, 0.25) is 0 Å². The third kappa shape index (κ3) is 4.61. The number of aromatic hydroxyl groups is 1. The number of hydrogen-bond acceptors (Lipinski definition) is 4. The first kappa shape index (κ1) is 22.6. The molecule has 5 aromatic rings. The van der Waals surface area contributed by atoms with Gasteiger partial charge in [0.25, 0.3) is 0 Å². The maximum absolute atomic E-state index is 13.0. The maximum atomic E-state index is 13.0. The van der Waals surface area contributed by atoms with Gasteiger partial charge in [-0.15, -0.1) is 0 Å². The van der Waals surface area contributed by atoms with E-state index >= 15 is 0 Å². The molecular weight excluding hydrogens is 436 g/mol. The number of aliphatic hydroxyl groups is 1. The van der Waals surface area contributed by atoms with Gasteiger partial charge in [0.15, 0.2) is 0 Å². The van der Waals surface area contributed by atoms with Gasteiger partial charge in [-0.1, -0.05) is 96.6 Å². The van der Waals surface area contributed by atoms with Gasteiger partial charge in [-0.25, -0.2) is 4.79 Å². The summed E-state index contributed by atoms with van der Waals surface area (Å²) in [5, 5.41) is 22.8. The lowest BCUT2D eigenvalue weighted by molar-refractivity contribution is 0.161. The second-order valence-electron chi connectivity index (χ2n) is 8.85. The Hall–Kier alpha value is -4.15. The highest BCUT2D eigenvalue weighted by Crippen LogP contribution is 2.39. The molecule has 0 aliphatic rings. The number of para-hydroxylation sites is 1. The largest absolute Gasteiger partial charge is 0.507 e.